The van der Waals surface area contributed by atoms with Gasteiger partial charge < -0.3 is 15.1 Å². The van der Waals surface area contributed by atoms with Crippen LogP contribution in [0, 0.1) is 0 Å². The largest absolute Gasteiger partial charge is 0.374 e. The number of anilines is 1. The molecule has 1 amide bonds. The van der Waals surface area contributed by atoms with Gasteiger partial charge in [-0.25, -0.2) is 0 Å². The van der Waals surface area contributed by atoms with Crippen molar-refractivity contribution in [2.45, 2.75) is 37.8 Å². The third-order valence-electron chi connectivity index (χ3n) is 6.09. The molecule has 1 N–H and O–H groups in total. The Morgan fingerprint density at radius 2 is 1.81 bits per heavy atom. The van der Waals surface area contributed by atoms with Gasteiger partial charge in [-0.3, -0.25) is 9.69 Å². The molecular weight excluding hydrogens is 348 g/mol. The van der Waals surface area contributed by atoms with Crippen LogP contribution in [0.3, 0.4) is 0 Å². The van der Waals surface area contributed by atoms with Gasteiger partial charge in [0.2, 0.25) is 5.91 Å². The molecule has 2 aliphatic heterocycles. The van der Waals surface area contributed by atoms with Crippen molar-refractivity contribution in [3.63, 3.8) is 0 Å². The van der Waals surface area contributed by atoms with Crippen LogP contribution < -0.4 is 5.32 Å². The van der Waals surface area contributed by atoms with E-state index in [0.29, 0.717) is 5.02 Å². The molecule has 1 atom stereocenters. The average Bonchev–Trinajstić information content (AvgIpc) is 2.65. The zero-order valence-corrected chi connectivity index (χ0v) is 16.9. The molecule has 2 fully saturated rings. The van der Waals surface area contributed by atoms with E-state index in [4.69, 9.17) is 11.6 Å². The highest BCUT2D eigenvalue weighted by Crippen LogP contribution is 2.31. The van der Waals surface area contributed by atoms with Crippen LogP contribution in [0.25, 0.3) is 0 Å². The van der Waals surface area contributed by atoms with E-state index in [-0.39, 0.29) is 17.5 Å². The lowest BCUT2D eigenvalue weighted by atomic mass is 9.83. The van der Waals surface area contributed by atoms with Crippen LogP contribution >= 0.6 is 11.6 Å². The Bertz CT molecular complexity index is 613. The summed E-state index contributed by atoms with van der Waals surface area (Å²) in [5.74, 6) is 0.212. The Balaban J connectivity index is 1.60. The normalized spacial score (nSPS) is 22.4. The molecule has 0 saturated carbocycles. The van der Waals surface area contributed by atoms with E-state index in [1.54, 1.807) is 0 Å². The van der Waals surface area contributed by atoms with Gasteiger partial charge in [0.25, 0.3) is 0 Å². The first kappa shape index (κ1) is 19.5. The predicted molar refractivity (Wildman–Crippen MR) is 108 cm³/mol. The van der Waals surface area contributed by atoms with Gasteiger partial charge in [-0.1, -0.05) is 18.5 Å². The van der Waals surface area contributed by atoms with Gasteiger partial charge in [0.05, 0.1) is 0 Å². The smallest absolute Gasteiger partial charge is 0.245 e. The Kier molecular flexibility index (Phi) is 6.10. The predicted octanol–water partition coefficient (Wildman–Crippen LogP) is 2.77. The minimum absolute atomic E-state index is 0.183. The first-order valence-electron chi connectivity index (χ1n) is 9.64. The zero-order valence-electron chi connectivity index (χ0n) is 16.2. The van der Waals surface area contributed by atoms with Gasteiger partial charge in [-0.05, 0) is 57.6 Å². The van der Waals surface area contributed by atoms with E-state index in [1.165, 1.54) is 0 Å². The molecule has 1 spiro atoms. The molecule has 1 aromatic rings. The fraction of sp³-hybridized carbons (Fsp3) is 0.650. The summed E-state index contributed by atoms with van der Waals surface area (Å²) in [6, 6.07) is 7.37. The minimum Gasteiger partial charge on any atom is -0.374 e. The standard InChI is InChI=1S/C20H31ClN4O/c1-4-18(22-17-7-5-16(21)6-8-17)19(26)25-11-9-20(10-12-25)15-23(2)13-14-24(20)3/h5-8,18,22H,4,9-15H2,1-3H3/t18-/m1/s1. The van der Waals surface area contributed by atoms with Crippen molar-refractivity contribution in [3.8, 4) is 0 Å². The third kappa shape index (κ3) is 4.16. The molecule has 26 heavy (non-hydrogen) atoms. The molecule has 144 valence electrons. The van der Waals surface area contributed by atoms with Crippen molar-refractivity contribution in [1.82, 2.24) is 14.7 Å². The second-order valence-corrected chi connectivity index (χ2v) is 8.26. The number of rotatable bonds is 4. The number of carbonyl (C=O) groups excluding carboxylic acids is 1. The zero-order chi connectivity index (χ0) is 18.7. The average molecular weight is 379 g/mol. The number of nitrogens with zero attached hydrogens (tertiary/aromatic N) is 3. The van der Waals surface area contributed by atoms with Crippen molar-refractivity contribution < 1.29 is 4.79 Å². The summed E-state index contributed by atoms with van der Waals surface area (Å²) in [7, 11) is 4.44. The maximum atomic E-state index is 13.0. The lowest BCUT2D eigenvalue weighted by Gasteiger charge is -2.52. The Morgan fingerprint density at radius 1 is 1.15 bits per heavy atom. The lowest BCUT2D eigenvalue weighted by Crippen LogP contribution is -2.64. The van der Waals surface area contributed by atoms with Crippen LogP contribution in [-0.4, -0.2) is 79.0 Å². The highest BCUT2D eigenvalue weighted by molar-refractivity contribution is 6.30. The van der Waals surface area contributed by atoms with Crippen molar-refractivity contribution >= 4 is 23.2 Å². The fourth-order valence-corrected chi connectivity index (χ4v) is 4.38. The van der Waals surface area contributed by atoms with Crippen LogP contribution in [0.2, 0.25) is 5.02 Å². The number of hydrogen-bond acceptors (Lipinski definition) is 4. The van der Waals surface area contributed by atoms with Gasteiger partial charge >= 0.3 is 0 Å². The SMILES string of the molecule is CC[C@@H](Nc1ccc(Cl)cc1)C(=O)N1CCC2(CC1)CN(C)CCN2C. The maximum absolute atomic E-state index is 13.0. The topological polar surface area (TPSA) is 38.8 Å². The van der Waals surface area contributed by atoms with Crippen molar-refractivity contribution in [2.24, 2.45) is 0 Å². The summed E-state index contributed by atoms with van der Waals surface area (Å²) >= 11 is 5.95. The molecule has 2 saturated heterocycles. The van der Waals surface area contributed by atoms with Gasteiger partial charge in [0.1, 0.15) is 6.04 Å². The van der Waals surface area contributed by atoms with Crippen LogP contribution in [0.15, 0.2) is 24.3 Å². The van der Waals surface area contributed by atoms with Gasteiger partial charge in [-0.2, -0.15) is 0 Å². The number of benzene rings is 1. The molecular formula is C20H31ClN4O. The second kappa shape index (κ2) is 8.15. The Hall–Kier alpha value is -1.30. The third-order valence-corrected chi connectivity index (χ3v) is 6.34. The lowest BCUT2D eigenvalue weighted by molar-refractivity contribution is -0.135. The molecule has 5 nitrogen and oxygen atoms in total. The van der Waals surface area contributed by atoms with E-state index in [2.05, 4.69) is 36.1 Å². The van der Waals surface area contributed by atoms with E-state index in [0.717, 1.165) is 57.7 Å². The summed E-state index contributed by atoms with van der Waals surface area (Å²) in [5.41, 5.74) is 1.17. The van der Waals surface area contributed by atoms with Crippen LogP contribution in [0.5, 0.6) is 0 Å². The van der Waals surface area contributed by atoms with Crippen LogP contribution in [0.4, 0.5) is 5.69 Å². The van der Waals surface area contributed by atoms with Crippen molar-refractivity contribution in [2.75, 3.05) is 52.1 Å². The molecule has 1 aromatic carbocycles. The first-order chi connectivity index (χ1) is 12.4. The highest BCUT2D eigenvalue weighted by Gasteiger charge is 2.42. The number of carbonyl (C=O) groups is 1. The quantitative estimate of drug-likeness (QED) is 0.874. The Morgan fingerprint density at radius 3 is 2.42 bits per heavy atom. The van der Waals surface area contributed by atoms with Crippen LogP contribution in [-0.2, 0) is 4.79 Å². The maximum Gasteiger partial charge on any atom is 0.245 e. The van der Waals surface area contributed by atoms with Gasteiger partial charge in [-0.15, -0.1) is 0 Å². The number of piperidine rings is 1. The van der Waals surface area contributed by atoms with Crippen molar-refractivity contribution in [1.29, 1.82) is 0 Å². The fourth-order valence-electron chi connectivity index (χ4n) is 4.25. The molecule has 2 aliphatic rings. The monoisotopic (exact) mass is 378 g/mol. The van der Waals surface area contributed by atoms with Crippen LogP contribution in [0.1, 0.15) is 26.2 Å². The minimum atomic E-state index is -0.183. The molecule has 0 aliphatic carbocycles. The summed E-state index contributed by atoms with van der Waals surface area (Å²) < 4.78 is 0. The number of hydrogen-bond donors (Lipinski definition) is 1. The number of amides is 1. The second-order valence-electron chi connectivity index (χ2n) is 7.82. The van der Waals surface area contributed by atoms with E-state index in [9.17, 15) is 4.79 Å². The molecule has 3 rings (SSSR count). The molecule has 0 radical (unpaired) electrons. The summed E-state index contributed by atoms with van der Waals surface area (Å²) in [5, 5.41) is 4.08. The van der Waals surface area contributed by atoms with E-state index >= 15 is 0 Å². The number of piperazine rings is 1. The molecule has 0 bridgehead atoms. The molecule has 6 heteroatoms. The van der Waals surface area contributed by atoms with Gasteiger partial charge in [0, 0.05) is 49.0 Å². The Labute approximate surface area is 162 Å². The molecule has 2 heterocycles. The number of likely N-dealkylation sites (tertiary alicyclic amines) is 1. The summed E-state index contributed by atoms with van der Waals surface area (Å²) in [6.45, 7) is 7.09. The van der Waals surface area contributed by atoms with Gasteiger partial charge in [0.15, 0.2) is 0 Å². The first-order valence-corrected chi connectivity index (χ1v) is 10.0. The summed E-state index contributed by atoms with van der Waals surface area (Å²) in [4.78, 5) is 20.0. The molecule has 0 aromatic heterocycles. The van der Waals surface area contributed by atoms with E-state index < -0.39 is 0 Å². The number of likely N-dealkylation sites (N-methyl/N-ethyl adjacent to an activating group) is 2. The van der Waals surface area contributed by atoms with E-state index in [1.807, 2.05) is 29.2 Å². The number of nitrogens with one attached hydrogen (secondary N) is 1. The summed E-state index contributed by atoms with van der Waals surface area (Å²) in [6.07, 6.45) is 2.87. The molecule has 0 unspecified atom stereocenters. The number of halogens is 1. The highest BCUT2D eigenvalue weighted by atomic mass is 35.5. The van der Waals surface area contributed by atoms with Crippen molar-refractivity contribution in [3.05, 3.63) is 29.3 Å².